The van der Waals surface area contributed by atoms with E-state index >= 15 is 0 Å². The fraction of sp³-hybridized carbons (Fsp3) is 0.286. The van der Waals surface area contributed by atoms with E-state index in [1.54, 1.807) is 18.3 Å². The molecule has 1 aromatic rings. The molecule has 0 bridgehead atoms. The molecule has 10 heavy (non-hydrogen) atoms. The first kappa shape index (κ1) is 7.13. The van der Waals surface area contributed by atoms with Crippen molar-refractivity contribution in [3.63, 3.8) is 0 Å². The van der Waals surface area contributed by atoms with Crippen molar-refractivity contribution in [2.24, 2.45) is 0 Å². The number of ether oxygens (including phenoxy) is 1. The van der Waals surface area contributed by atoms with E-state index in [2.05, 4.69) is 4.98 Å². The monoisotopic (exact) mass is 133 g/mol. The standard InChI is InChI=1S/C7H8BNO/c1-2-10-6-3-4-7(8)9-5-6/h3-5H,2H2,1H3. The fourth-order valence-electron chi connectivity index (χ4n) is 0.644. The molecule has 2 nitrogen and oxygen atoms in total. The quantitative estimate of drug-likeness (QED) is 0.540. The molecule has 50 valence electrons. The first-order valence-electron chi connectivity index (χ1n) is 3.17. The summed E-state index contributed by atoms with van der Waals surface area (Å²) in [5.74, 6) is 0.761. The van der Waals surface area contributed by atoms with E-state index in [0.29, 0.717) is 12.2 Å². The van der Waals surface area contributed by atoms with E-state index in [1.807, 2.05) is 6.92 Å². The smallest absolute Gasteiger partial charge is 0.141 e. The van der Waals surface area contributed by atoms with Crippen molar-refractivity contribution in [2.45, 2.75) is 6.92 Å². The summed E-state index contributed by atoms with van der Waals surface area (Å²) >= 11 is 0. The number of pyridine rings is 1. The zero-order valence-electron chi connectivity index (χ0n) is 5.87. The van der Waals surface area contributed by atoms with E-state index < -0.39 is 0 Å². The van der Waals surface area contributed by atoms with Crippen molar-refractivity contribution in [1.82, 2.24) is 4.98 Å². The Morgan fingerprint density at radius 3 is 2.90 bits per heavy atom. The topological polar surface area (TPSA) is 22.1 Å². The maximum absolute atomic E-state index is 5.36. The van der Waals surface area contributed by atoms with E-state index in [4.69, 9.17) is 12.6 Å². The Bertz CT molecular complexity index is 197. The maximum atomic E-state index is 5.36. The molecule has 0 aliphatic rings. The van der Waals surface area contributed by atoms with Crippen molar-refractivity contribution in [3.8, 4) is 5.75 Å². The highest BCUT2D eigenvalue weighted by molar-refractivity contribution is 6.30. The van der Waals surface area contributed by atoms with Crippen LogP contribution >= 0.6 is 0 Å². The van der Waals surface area contributed by atoms with Gasteiger partial charge in [0.1, 0.15) is 13.6 Å². The van der Waals surface area contributed by atoms with Crippen LogP contribution in [-0.2, 0) is 0 Å². The minimum Gasteiger partial charge on any atom is -0.492 e. The van der Waals surface area contributed by atoms with E-state index in [-0.39, 0.29) is 0 Å². The SMILES string of the molecule is [B]c1ccc(OCC)cn1. The first-order valence-corrected chi connectivity index (χ1v) is 3.17. The molecule has 0 spiro atoms. The largest absolute Gasteiger partial charge is 0.492 e. The van der Waals surface area contributed by atoms with Gasteiger partial charge < -0.3 is 4.74 Å². The van der Waals surface area contributed by atoms with Gasteiger partial charge in [0.25, 0.3) is 0 Å². The molecule has 0 aliphatic heterocycles. The molecule has 1 aromatic heterocycles. The van der Waals surface area contributed by atoms with E-state index in [9.17, 15) is 0 Å². The Morgan fingerprint density at radius 2 is 2.40 bits per heavy atom. The average Bonchev–Trinajstić information content (AvgIpc) is 1.95. The van der Waals surface area contributed by atoms with Crippen LogP contribution in [0, 0.1) is 0 Å². The summed E-state index contributed by atoms with van der Waals surface area (Å²) < 4.78 is 5.14. The van der Waals surface area contributed by atoms with Crippen molar-refractivity contribution in [3.05, 3.63) is 18.3 Å². The molecule has 3 heteroatoms. The van der Waals surface area contributed by atoms with Gasteiger partial charge in [-0.1, -0.05) is 0 Å². The predicted octanol–water partition coefficient (Wildman–Crippen LogP) is 0.274. The number of hydrogen-bond acceptors (Lipinski definition) is 2. The van der Waals surface area contributed by atoms with Gasteiger partial charge >= 0.3 is 0 Å². The maximum Gasteiger partial charge on any atom is 0.141 e. The first-order chi connectivity index (χ1) is 4.83. The molecule has 0 aromatic carbocycles. The molecular formula is C7H8BNO. The summed E-state index contributed by atoms with van der Waals surface area (Å²) in [5, 5.41) is 0. The number of rotatable bonds is 2. The van der Waals surface area contributed by atoms with E-state index in [1.165, 1.54) is 0 Å². The molecular weight excluding hydrogens is 125 g/mol. The van der Waals surface area contributed by atoms with Gasteiger partial charge in [0.2, 0.25) is 0 Å². The molecule has 0 N–H and O–H groups in total. The minimum atomic E-state index is 0.517. The van der Waals surface area contributed by atoms with Crippen LogP contribution in [0.3, 0.4) is 0 Å². The number of hydrogen-bond donors (Lipinski definition) is 0. The van der Waals surface area contributed by atoms with Gasteiger partial charge in [-0.3, -0.25) is 4.98 Å². The van der Waals surface area contributed by atoms with Gasteiger partial charge in [0, 0.05) is 0 Å². The average molecular weight is 133 g/mol. The zero-order valence-corrected chi connectivity index (χ0v) is 5.87. The van der Waals surface area contributed by atoms with Crippen molar-refractivity contribution < 1.29 is 4.74 Å². The van der Waals surface area contributed by atoms with E-state index in [0.717, 1.165) is 5.75 Å². The van der Waals surface area contributed by atoms with Crippen LogP contribution in [0.1, 0.15) is 6.92 Å². The van der Waals surface area contributed by atoms with Crippen LogP contribution in [0.15, 0.2) is 18.3 Å². The molecule has 1 heterocycles. The van der Waals surface area contributed by atoms with Crippen molar-refractivity contribution in [2.75, 3.05) is 6.61 Å². The van der Waals surface area contributed by atoms with Gasteiger partial charge in [-0.05, 0) is 24.6 Å². The molecule has 2 radical (unpaired) electrons. The summed E-state index contributed by atoms with van der Waals surface area (Å²) in [6.07, 6.45) is 1.61. The lowest BCUT2D eigenvalue weighted by Gasteiger charge is -2.00. The van der Waals surface area contributed by atoms with Gasteiger partial charge in [-0.2, -0.15) is 0 Å². The highest BCUT2D eigenvalue weighted by Gasteiger charge is 1.89. The molecule has 0 amide bonds. The molecule has 0 saturated heterocycles. The third-order valence-corrected chi connectivity index (χ3v) is 1.07. The fourth-order valence-corrected chi connectivity index (χ4v) is 0.644. The van der Waals surface area contributed by atoms with Crippen LogP contribution in [0.5, 0.6) is 5.75 Å². The molecule has 0 aliphatic carbocycles. The Labute approximate surface area is 61.6 Å². The predicted molar refractivity (Wildman–Crippen MR) is 40.8 cm³/mol. The molecule has 1 rings (SSSR count). The lowest BCUT2D eigenvalue weighted by molar-refractivity contribution is 0.339. The molecule has 0 unspecified atom stereocenters. The second-order valence-electron chi connectivity index (χ2n) is 1.85. The van der Waals surface area contributed by atoms with Gasteiger partial charge in [0.15, 0.2) is 0 Å². The number of aromatic nitrogens is 1. The highest BCUT2D eigenvalue weighted by Crippen LogP contribution is 2.03. The minimum absolute atomic E-state index is 0.517. The van der Waals surface area contributed by atoms with Crippen LogP contribution in [0.4, 0.5) is 0 Å². The lowest BCUT2D eigenvalue weighted by atomic mass is 10.0. The second kappa shape index (κ2) is 3.25. The Morgan fingerprint density at radius 1 is 1.60 bits per heavy atom. The normalized spacial score (nSPS) is 9.30. The Balaban J connectivity index is 2.69. The van der Waals surface area contributed by atoms with Crippen molar-refractivity contribution >= 4 is 13.4 Å². The summed E-state index contributed by atoms with van der Waals surface area (Å²) in [6.45, 7) is 2.59. The lowest BCUT2D eigenvalue weighted by Crippen LogP contribution is -2.06. The molecule has 0 fully saturated rings. The summed E-state index contributed by atoms with van der Waals surface area (Å²) in [7, 11) is 5.36. The Hall–Kier alpha value is -0.985. The second-order valence-corrected chi connectivity index (χ2v) is 1.85. The summed E-state index contributed by atoms with van der Waals surface area (Å²) in [4.78, 5) is 3.85. The van der Waals surface area contributed by atoms with Crippen LogP contribution in [0.25, 0.3) is 0 Å². The van der Waals surface area contributed by atoms with Crippen LogP contribution in [0.2, 0.25) is 0 Å². The number of nitrogens with zero attached hydrogens (tertiary/aromatic N) is 1. The van der Waals surface area contributed by atoms with Crippen molar-refractivity contribution in [1.29, 1.82) is 0 Å². The Kier molecular flexibility index (Phi) is 2.32. The third-order valence-electron chi connectivity index (χ3n) is 1.07. The van der Waals surface area contributed by atoms with Crippen LogP contribution in [-0.4, -0.2) is 19.4 Å². The van der Waals surface area contributed by atoms with Gasteiger partial charge in [-0.15, -0.1) is 0 Å². The van der Waals surface area contributed by atoms with Gasteiger partial charge in [0.05, 0.1) is 12.8 Å². The molecule has 0 saturated carbocycles. The highest BCUT2D eigenvalue weighted by atomic mass is 16.5. The van der Waals surface area contributed by atoms with Crippen LogP contribution < -0.4 is 10.3 Å². The summed E-state index contributed by atoms with van der Waals surface area (Å²) in [6, 6.07) is 3.51. The summed E-state index contributed by atoms with van der Waals surface area (Å²) in [5.41, 5.74) is 0.517. The third kappa shape index (κ3) is 1.76. The zero-order chi connectivity index (χ0) is 7.40. The van der Waals surface area contributed by atoms with Gasteiger partial charge in [-0.25, -0.2) is 0 Å². The molecule has 0 atom stereocenters.